The molecule has 5 nitrogen and oxygen atoms in total. The molecule has 0 amide bonds. The molecule has 22 heavy (non-hydrogen) atoms. The SMILES string of the molecule is CCCCCCN1CCN(c2ccc(S(N)(=O)=O)cc2)CC1. The number of hydrogen-bond donors (Lipinski definition) is 1. The fraction of sp³-hybridized carbons (Fsp3) is 0.625. The Bertz CT molecular complexity index is 549. The third kappa shape index (κ3) is 4.97. The second kappa shape index (κ2) is 7.94. The third-order valence-corrected chi connectivity index (χ3v) is 5.16. The van der Waals surface area contributed by atoms with Crippen molar-refractivity contribution in [2.45, 2.75) is 37.5 Å². The first-order chi connectivity index (χ1) is 10.5. The maximum Gasteiger partial charge on any atom is 0.238 e. The lowest BCUT2D eigenvalue weighted by atomic mass is 10.2. The number of anilines is 1. The van der Waals surface area contributed by atoms with E-state index in [-0.39, 0.29) is 4.90 Å². The van der Waals surface area contributed by atoms with Crippen LogP contribution in [0.3, 0.4) is 0 Å². The highest BCUT2D eigenvalue weighted by atomic mass is 32.2. The molecule has 0 aromatic heterocycles. The molecule has 0 aliphatic carbocycles. The first kappa shape index (κ1) is 17.2. The number of rotatable bonds is 7. The van der Waals surface area contributed by atoms with Gasteiger partial charge in [-0.1, -0.05) is 26.2 Å². The Hall–Kier alpha value is -1.11. The molecule has 1 aromatic rings. The Morgan fingerprint density at radius 3 is 2.18 bits per heavy atom. The van der Waals surface area contributed by atoms with Crippen molar-refractivity contribution in [3.05, 3.63) is 24.3 Å². The second-order valence-electron chi connectivity index (χ2n) is 5.93. The monoisotopic (exact) mass is 325 g/mol. The van der Waals surface area contributed by atoms with E-state index in [2.05, 4.69) is 16.7 Å². The van der Waals surface area contributed by atoms with E-state index in [1.165, 1.54) is 32.2 Å². The average molecular weight is 325 g/mol. The molecule has 1 aromatic carbocycles. The summed E-state index contributed by atoms with van der Waals surface area (Å²) in [7, 11) is -3.60. The van der Waals surface area contributed by atoms with Crippen molar-refractivity contribution in [2.75, 3.05) is 37.6 Å². The molecular formula is C16H27N3O2S. The number of benzene rings is 1. The lowest BCUT2D eigenvalue weighted by molar-refractivity contribution is 0.252. The summed E-state index contributed by atoms with van der Waals surface area (Å²) in [6.07, 6.45) is 5.22. The summed E-state index contributed by atoms with van der Waals surface area (Å²) in [6, 6.07) is 6.86. The van der Waals surface area contributed by atoms with E-state index in [1.807, 2.05) is 12.1 Å². The molecule has 0 unspecified atom stereocenters. The molecule has 0 spiro atoms. The van der Waals surface area contributed by atoms with Crippen LogP contribution in [0.4, 0.5) is 5.69 Å². The van der Waals surface area contributed by atoms with Crippen LogP contribution in [0.15, 0.2) is 29.2 Å². The van der Waals surface area contributed by atoms with Gasteiger partial charge in [0.1, 0.15) is 0 Å². The van der Waals surface area contributed by atoms with Crippen molar-refractivity contribution in [3.63, 3.8) is 0 Å². The average Bonchev–Trinajstić information content (AvgIpc) is 2.51. The van der Waals surface area contributed by atoms with E-state index in [0.29, 0.717) is 0 Å². The van der Waals surface area contributed by atoms with Gasteiger partial charge in [-0.05, 0) is 37.2 Å². The molecular weight excluding hydrogens is 298 g/mol. The van der Waals surface area contributed by atoms with Crippen molar-refractivity contribution in [1.82, 2.24) is 4.90 Å². The Morgan fingerprint density at radius 2 is 1.64 bits per heavy atom. The van der Waals surface area contributed by atoms with Gasteiger partial charge in [0.05, 0.1) is 4.90 Å². The topological polar surface area (TPSA) is 66.6 Å². The highest BCUT2D eigenvalue weighted by molar-refractivity contribution is 7.89. The molecule has 0 saturated carbocycles. The molecule has 1 heterocycles. The van der Waals surface area contributed by atoms with Gasteiger partial charge in [-0.3, -0.25) is 4.90 Å². The van der Waals surface area contributed by atoms with Gasteiger partial charge in [0.15, 0.2) is 0 Å². The number of sulfonamides is 1. The Morgan fingerprint density at radius 1 is 1.00 bits per heavy atom. The Kier molecular flexibility index (Phi) is 6.23. The second-order valence-corrected chi connectivity index (χ2v) is 7.49. The van der Waals surface area contributed by atoms with Crippen LogP contribution in [-0.2, 0) is 10.0 Å². The van der Waals surface area contributed by atoms with Crippen molar-refractivity contribution in [3.8, 4) is 0 Å². The predicted octanol–water partition coefficient (Wildman–Crippen LogP) is 2.04. The van der Waals surface area contributed by atoms with Gasteiger partial charge in [-0.25, -0.2) is 13.6 Å². The minimum atomic E-state index is -3.60. The van der Waals surface area contributed by atoms with Crippen LogP contribution < -0.4 is 10.0 Å². The molecule has 2 rings (SSSR count). The summed E-state index contributed by atoms with van der Waals surface area (Å²) in [5, 5.41) is 5.12. The third-order valence-electron chi connectivity index (χ3n) is 4.23. The largest absolute Gasteiger partial charge is 0.369 e. The van der Waals surface area contributed by atoms with E-state index in [9.17, 15) is 8.42 Å². The summed E-state index contributed by atoms with van der Waals surface area (Å²) >= 11 is 0. The highest BCUT2D eigenvalue weighted by Crippen LogP contribution is 2.19. The lowest BCUT2D eigenvalue weighted by Crippen LogP contribution is -2.46. The van der Waals surface area contributed by atoms with Gasteiger partial charge < -0.3 is 4.90 Å². The first-order valence-corrected chi connectivity index (χ1v) is 9.65. The van der Waals surface area contributed by atoms with Crippen LogP contribution in [0.5, 0.6) is 0 Å². The van der Waals surface area contributed by atoms with Crippen LogP contribution in [-0.4, -0.2) is 46.0 Å². The van der Waals surface area contributed by atoms with Gasteiger partial charge in [-0.15, -0.1) is 0 Å². The summed E-state index contributed by atoms with van der Waals surface area (Å²) in [5.41, 5.74) is 1.07. The summed E-state index contributed by atoms with van der Waals surface area (Å²) in [6.45, 7) is 7.55. The number of unbranched alkanes of at least 4 members (excludes halogenated alkanes) is 3. The van der Waals surface area contributed by atoms with E-state index >= 15 is 0 Å². The van der Waals surface area contributed by atoms with Gasteiger partial charge >= 0.3 is 0 Å². The molecule has 1 saturated heterocycles. The molecule has 1 aliphatic heterocycles. The van der Waals surface area contributed by atoms with Crippen LogP contribution >= 0.6 is 0 Å². The number of hydrogen-bond acceptors (Lipinski definition) is 4. The van der Waals surface area contributed by atoms with Crippen molar-refractivity contribution < 1.29 is 8.42 Å². The van der Waals surface area contributed by atoms with Crippen LogP contribution in [0, 0.1) is 0 Å². The Balaban J connectivity index is 1.81. The van der Waals surface area contributed by atoms with Crippen molar-refractivity contribution in [2.24, 2.45) is 5.14 Å². The number of nitrogens with two attached hydrogens (primary N) is 1. The zero-order valence-electron chi connectivity index (χ0n) is 13.4. The van der Waals surface area contributed by atoms with E-state index in [1.54, 1.807) is 12.1 Å². The summed E-state index contributed by atoms with van der Waals surface area (Å²) in [5.74, 6) is 0. The standard InChI is InChI=1S/C16H27N3O2S/c1-2-3-4-5-10-18-11-13-19(14-12-18)15-6-8-16(9-7-15)22(17,20)21/h6-9H,2-5,10-14H2,1H3,(H2,17,20,21). The lowest BCUT2D eigenvalue weighted by Gasteiger charge is -2.36. The fourth-order valence-electron chi connectivity index (χ4n) is 2.84. The molecule has 0 atom stereocenters. The van der Waals surface area contributed by atoms with Gasteiger partial charge in [0.2, 0.25) is 10.0 Å². The zero-order valence-corrected chi connectivity index (χ0v) is 14.2. The molecule has 6 heteroatoms. The predicted molar refractivity (Wildman–Crippen MR) is 90.6 cm³/mol. The number of nitrogens with zero attached hydrogens (tertiary/aromatic N) is 2. The molecule has 1 aliphatic rings. The molecule has 0 radical (unpaired) electrons. The fourth-order valence-corrected chi connectivity index (χ4v) is 3.35. The number of piperazine rings is 1. The van der Waals surface area contributed by atoms with E-state index < -0.39 is 10.0 Å². The molecule has 0 bridgehead atoms. The smallest absolute Gasteiger partial charge is 0.238 e. The Labute approximate surface area is 134 Å². The van der Waals surface area contributed by atoms with Gasteiger partial charge in [0.25, 0.3) is 0 Å². The van der Waals surface area contributed by atoms with E-state index in [0.717, 1.165) is 31.9 Å². The van der Waals surface area contributed by atoms with Crippen LogP contribution in [0.2, 0.25) is 0 Å². The van der Waals surface area contributed by atoms with E-state index in [4.69, 9.17) is 5.14 Å². The normalized spacial score (nSPS) is 16.9. The molecule has 1 fully saturated rings. The van der Waals surface area contributed by atoms with Crippen molar-refractivity contribution in [1.29, 1.82) is 0 Å². The van der Waals surface area contributed by atoms with Gasteiger partial charge in [0, 0.05) is 31.9 Å². The minimum Gasteiger partial charge on any atom is -0.369 e. The quantitative estimate of drug-likeness (QED) is 0.779. The first-order valence-electron chi connectivity index (χ1n) is 8.11. The molecule has 2 N–H and O–H groups in total. The highest BCUT2D eigenvalue weighted by Gasteiger charge is 2.17. The number of primary sulfonamides is 1. The maximum atomic E-state index is 11.3. The zero-order chi connectivity index (χ0) is 16.0. The maximum absolute atomic E-state index is 11.3. The minimum absolute atomic E-state index is 0.172. The summed E-state index contributed by atoms with van der Waals surface area (Å²) < 4.78 is 22.5. The summed E-state index contributed by atoms with van der Waals surface area (Å²) in [4.78, 5) is 4.99. The van der Waals surface area contributed by atoms with Crippen LogP contribution in [0.25, 0.3) is 0 Å². The van der Waals surface area contributed by atoms with Crippen molar-refractivity contribution >= 4 is 15.7 Å². The molecule has 124 valence electrons. The van der Waals surface area contributed by atoms with Crippen LogP contribution in [0.1, 0.15) is 32.6 Å². The van der Waals surface area contributed by atoms with Gasteiger partial charge in [-0.2, -0.15) is 0 Å².